The third-order valence-electron chi connectivity index (χ3n) is 4.75. The Hall–Kier alpha value is -1.49. The maximum absolute atomic E-state index is 9.90. The minimum atomic E-state index is -0.0868. The summed E-state index contributed by atoms with van der Waals surface area (Å²) >= 11 is 1.79. The normalized spacial score (nSPS) is 18.0. The molecule has 4 heteroatoms. The van der Waals surface area contributed by atoms with Gasteiger partial charge in [-0.15, -0.1) is 11.8 Å². The Morgan fingerprint density at radius 3 is 2.92 bits per heavy atom. The van der Waals surface area contributed by atoms with E-state index in [1.807, 2.05) is 24.3 Å². The van der Waals surface area contributed by atoms with Gasteiger partial charge in [-0.1, -0.05) is 18.2 Å². The molecule has 0 amide bonds. The van der Waals surface area contributed by atoms with E-state index in [-0.39, 0.29) is 18.7 Å². The molecule has 3 nitrogen and oxygen atoms in total. The average Bonchev–Trinajstić information content (AvgIpc) is 2.65. The van der Waals surface area contributed by atoms with Gasteiger partial charge in [-0.25, -0.2) is 0 Å². The molecule has 24 heavy (non-hydrogen) atoms. The van der Waals surface area contributed by atoms with Crippen molar-refractivity contribution in [2.75, 3.05) is 20.0 Å². The summed E-state index contributed by atoms with van der Waals surface area (Å²) in [6.07, 6.45) is 5.54. The molecule has 0 bridgehead atoms. The van der Waals surface area contributed by atoms with Crippen LogP contribution < -0.4 is 10.1 Å². The molecule has 0 fully saturated rings. The van der Waals surface area contributed by atoms with Crippen LogP contribution in [0.3, 0.4) is 0 Å². The molecule has 0 spiro atoms. The third-order valence-corrected chi connectivity index (χ3v) is 5.47. The van der Waals surface area contributed by atoms with Gasteiger partial charge in [0.1, 0.15) is 5.75 Å². The van der Waals surface area contributed by atoms with Gasteiger partial charge in [-0.3, -0.25) is 0 Å². The SMILES string of the molecule is COc1cccc(C(CO)NC2CCCc3cc(SC)ccc32)c1. The summed E-state index contributed by atoms with van der Waals surface area (Å²) in [5.74, 6) is 0.821. The molecule has 0 aromatic heterocycles. The summed E-state index contributed by atoms with van der Waals surface area (Å²) in [5, 5.41) is 13.6. The molecule has 0 heterocycles. The van der Waals surface area contributed by atoms with Crippen LogP contribution in [-0.4, -0.2) is 25.1 Å². The van der Waals surface area contributed by atoms with Crippen molar-refractivity contribution in [3.8, 4) is 5.75 Å². The number of methoxy groups -OCH3 is 1. The van der Waals surface area contributed by atoms with E-state index >= 15 is 0 Å². The Balaban J connectivity index is 1.82. The highest BCUT2D eigenvalue weighted by Crippen LogP contribution is 2.34. The van der Waals surface area contributed by atoms with Crippen LogP contribution in [0.1, 0.15) is 41.6 Å². The van der Waals surface area contributed by atoms with E-state index in [4.69, 9.17) is 4.74 Å². The highest BCUT2D eigenvalue weighted by atomic mass is 32.2. The van der Waals surface area contributed by atoms with Crippen molar-refractivity contribution in [3.05, 3.63) is 59.2 Å². The summed E-state index contributed by atoms with van der Waals surface area (Å²) in [7, 11) is 1.67. The first kappa shape index (κ1) is 17.3. The van der Waals surface area contributed by atoms with Gasteiger partial charge in [0.15, 0.2) is 0 Å². The number of aliphatic hydroxyl groups is 1. The number of rotatable bonds is 6. The van der Waals surface area contributed by atoms with Crippen molar-refractivity contribution in [3.63, 3.8) is 0 Å². The number of ether oxygens (including phenoxy) is 1. The zero-order valence-electron chi connectivity index (χ0n) is 14.3. The van der Waals surface area contributed by atoms with Crippen molar-refractivity contribution < 1.29 is 9.84 Å². The molecule has 128 valence electrons. The van der Waals surface area contributed by atoms with E-state index in [1.54, 1.807) is 18.9 Å². The Morgan fingerprint density at radius 1 is 1.29 bits per heavy atom. The molecule has 2 atom stereocenters. The smallest absolute Gasteiger partial charge is 0.119 e. The molecule has 2 unspecified atom stereocenters. The number of hydrogen-bond donors (Lipinski definition) is 2. The van der Waals surface area contributed by atoms with E-state index in [0.717, 1.165) is 24.2 Å². The van der Waals surface area contributed by atoms with Gasteiger partial charge < -0.3 is 15.2 Å². The van der Waals surface area contributed by atoms with E-state index in [0.29, 0.717) is 0 Å². The van der Waals surface area contributed by atoms with Crippen molar-refractivity contribution in [1.82, 2.24) is 5.32 Å². The second-order valence-electron chi connectivity index (χ2n) is 6.19. The molecule has 0 saturated heterocycles. The van der Waals surface area contributed by atoms with Crippen LogP contribution in [0.25, 0.3) is 0 Å². The van der Waals surface area contributed by atoms with Crippen LogP contribution in [0, 0.1) is 0 Å². The highest BCUT2D eigenvalue weighted by Gasteiger charge is 2.23. The number of thioether (sulfide) groups is 1. The van der Waals surface area contributed by atoms with Gasteiger partial charge in [-0.05, 0) is 66.5 Å². The Labute approximate surface area is 148 Å². The van der Waals surface area contributed by atoms with Crippen LogP contribution in [0.2, 0.25) is 0 Å². The van der Waals surface area contributed by atoms with E-state index < -0.39 is 0 Å². The summed E-state index contributed by atoms with van der Waals surface area (Å²) in [4.78, 5) is 1.32. The first-order valence-electron chi connectivity index (χ1n) is 8.43. The zero-order valence-corrected chi connectivity index (χ0v) is 15.1. The number of fused-ring (bicyclic) bond motifs is 1. The predicted molar refractivity (Wildman–Crippen MR) is 99.9 cm³/mol. The van der Waals surface area contributed by atoms with Gasteiger partial charge in [-0.2, -0.15) is 0 Å². The standard InChI is InChI=1S/C20H25NO2S/c1-23-16-7-3-6-15(11-16)20(13-22)21-19-8-4-5-14-12-17(24-2)9-10-18(14)19/h3,6-7,9-12,19-22H,4-5,8,13H2,1-2H3. The summed E-state index contributed by atoms with van der Waals surface area (Å²) in [6, 6.07) is 14.9. The summed E-state index contributed by atoms with van der Waals surface area (Å²) in [6.45, 7) is 0.0713. The maximum atomic E-state index is 9.90. The lowest BCUT2D eigenvalue weighted by Crippen LogP contribution is -2.31. The molecule has 1 aliphatic rings. The number of aryl methyl sites for hydroxylation is 1. The van der Waals surface area contributed by atoms with Gasteiger partial charge in [0.05, 0.1) is 19.8 Å². The fourth-order valence-electron chi connectivity index (χ4n) is 3.45. The van der Waals surface area contributed by atoms with E-state index in [2.05, 4.69) is 29.8 Å². The first-order chi connectivity index (χ1) is 11.7. The molecule has 2 N–H and O–H groups in total. The molecule has 2 aromatic rings. The Bertz CT molecular complexity index is 689. The van der Waals surface area contributed by atoms with Crippen LogP contribution in [-0.2, 0) is 6.42 Å². The molecule has 3 rings (SSSR count). The first-order valence-corrected chi connectivity index (χ1v) is 9.65. The fraction of sp³-hybridized carbons (Fsp3) is 0.400. The van der Waals surface area contributed by atoms with Crippen LogP contribution in [0.4, 0.5) is 0 Å². The Morgan fingerprint density at radius 2 is 2.17 bits per heavy atom. The lowest BCUT2D eigenvalue weighted by Gasteiger charge is -2.30. The molecular formula is C20H25NO2S. The van der Waals surface area contributed by atoms with Crippen LogP contribution in [0.5, 0.6) is 5.75 Å². The van der Waals surface area contributed by atoms with Crippen molar-refractivity contribution in [1.29, 1.82) is 0 Å². The molecule has 1 aliphatic carbocycles. The largest absolute Gasteiger partial charge is 0.497 e. The lowest BCUT2D eigenvalue weighted by atomic mass is 9.87. The molecule has 0 saturated carbocycles. The fourth-order valence-corrected chi connectivity index (χ4v) is 3.91. The summed E-state index contributed by atoms with van der Waals surface area (Å²) in [5.41, 5.74) is 3.87. The third kappa shape index (κ3) is 3.77. The molecular weight excluding hydrogens is 318 g/mol. The zero-order chi connectivity index (χ0) is 16.9. The van der Waals surface area contributed by atoms with Crippen molar-refractivity contribution >= 4 is 11.8 Å². The number of hydrogen-bond acceptors (Lipinski definition) is 4. The molecule has 0 radical (unpaired) electrons. The monoisotopic (exact) mass is 343 g/mol. The number of aliphatic hydroxyl groups excluding tert-OH is 1. The van der Waals surface area contributed by atoms with Crippen LogP contribution in [0.15, 0.2) is 47.4 Å². The highest BCUT2D eigenvalue weighted by molar-refractivity contribution is 7.98. The lowest BCUT2D eigenvalue weighted by molar-refractivity contribution is 0.228. The van der Waals surface area contributed by atoms with Crippen LogP contribution >= 0.6 is 11.8 Å². The maximum Gasteiger partial charge on any atom is 0.119 e. The molecule has 0 aliphatic heterocycles. The van der Waals surface area contributed by atoms with Gasteiger partial charge in [0.25, 0.3) is 0 Å². The molecule has 2 aromatic carbocycles. The van der Waals surface area contributed by atoms with Gasteiger partial charge >= 0.3 is 0 Å². The van der Waals surface area contributed by atoms with Gasteiger partial charge in [0.2, 0.25) is 0 Å². The second kappa shape index (κ2) is 8.06. The second-order valence-corrected chi connectivity index (χ2v) is 7.07. The quantitative estimate of drug-likeness (QED) is 0.774. The van der Waals surface area contributed by atoms with Crippen molar-refractivity contribution in [2.24, 2.45) is 0 Å². The van der Waals surface area contributed by atoms with E-state index in [9.17, 15) is 5.11 Å². The minimum Gasteiger partial charge on any atom is -0.497 e. The number of benzene rings is 2. The topological polar surface area (TPSA) is 41.5 Å². The van der Waals surface area contributed by atoms with E-state index in [1.165, 1.54) is 22.4 Å². The minimum absolute atomic E-state index is 0.0713. The average molecular weight is 343 g/mol. The summed E-state index contributed by atoms with van der Waals surface area (Å²) < 4.78 is 5.31. The number of nitrogens with one attached hydrogen (secondary N) is 1. The predicted octanol–water partition coefficient (Wildman–Crippen LogP) is 4.12. The van der Waals surface area contributed by atoms with Gasteiger partial charge in [0, 0.05) is 10.9 Å². The van der Waals surface area contributed by atoms with Crippen molar-refractivity contribution in [2.45, 2.75) is 36.2 Å². The Kier molecular flexibility index (Phi) is 5.82.